The minimum atomic E-state index is -0.456. The summed E-state index contributed by atoms with van der Waals surface area (Å²) in [5.41, 5.74) is 0.939. The predicted octanol–water partition coefficient (Wildman–Crippen LogP) is 1.48. The highest BCUT2D eigenvalue weighted by Gasteiger charge is 2.32. The second-order valence-corrected chi connectivity index (χ2v) is 5.89. The second-order valence-electron chi connectivity index (χ2n) is 5.89. The molecule has 114 valence electrons. The van der Waals surface area contributed by atoms with Crippen LogP contribution in [0.4, 0.5) is 5.69 Å². The normalized spacial score (nSPS) is 23.7. The number of carbonyl (C=O) groups is 1. The first-order valence-electron chi connectivity index (χ1n) is 7.61. The number of para-hydroxylation sites is 2. The van der Waals surface area contributed by atoms with E-state index in [1.807, 2.05) is 36.1 Å². The fourth-order valence-electron chi connectivity index (χ4n) is 3.06. The summed E-state index contributed by atoms with van der Waals surface area (Å²) in [7, 11) is 0. The van der Waals surface area contributed by atoms with E-state index in [1.165, 1.54) is 0 Å². The summed E-state index contributed by atoms with van der Waals surface area (Å²) in [6.45, 7) is 3.74. The molecule has 1 saturated heterocycles. The molecule has 0 radical (unpaired) electrons. The molecule has 1 aromatic rings. The first-order chi connectivity index (χ1) is 10.1. The standard InChI is InChI=1S/C16H22N2O3/c1-11(19)12-6-8-18(9-7-12)16(20)15-10-17-13-4-2-3-5-14(13)21-15/h2-5,11-12,15,17,19H,6-10H2,1H3. The van der Waals surface area contributed by atoms with Crippen molar-refractivity contribution in [3.8, 4) is 5.75 Å². The van der Waals surface area contributed by atoms with Crippen LogP contribution < -0.4 is 10.1 Å². The molecule has 2 unspecified atom stereocenters. The van der Waals surface area contributed by atoms with Crippen molar-refractivity contribution in [3.05, 3.63) is 24.3 Å². The Balaban J connectivity index is 1.60. The van der Waals surface area contributed by atoms with Crippen LogP contribution in [0.3, 0.4) is 0 Å². The van der Waals surface area contributed by atoms with E-state index in [1.54, 1.807) is 0 Å². The van der Waals surface area contributed by atoms with Crippen LogP contribution in [0.2, 0.25) is 0 Å². The van der Waals surface area contributed by atoms with Crippen molar-refractivity contribution in [2.24, 2.45) is 5.92 Å². The highest BCUT2D eigenvalue weighted by Crippen LogP contribution is 2.29. The number of hydrogen-bond acceptors (Lipinski definition) is 4. The number of rotatable bonds is 2. The van der Waals surface area contributed by atoms with E-state index in [9.17, 15) is 9.90 Å². The lowest BCUT2D eigenvalue weighted by molar-refractivity contribution is -0.140. The SMILES string of the molecule is CC(O)C1CCN(C(=O)C2CNc3ccccc3O2)CC1. The number of fused-ring (bicyclic) bond motifs is 1. The molecule has 2 aliphatic heterocycles. The summed E-state index contributed by atoms with van der Waals surface area (Å²) < 4.78 is 5.82. The van der Waals surface area contributed by atoms with Gasteiger partial charge in [-0.3, -0.25) is 4.79 Å². The number of hydrogen-bond donors (Lipinski definition) is 2. The van der Waals surface area contributed by atoms with Crippen molar-refractivity contribution in [1.82, 2.24) is 4.90 Å². The molecule has 1 fully saturated rings. The Hall–Kier alpha value is -1.75. The van der Waals surface area contributed by atoms with Gasteiger partial charge in [-0.1, -0.05) is 12.1 Å². The van der Waals surface area contributed by atoms with Crippen LogP contribution in [0.5, 0.6) is 5.75 Å². The van der Waals surface area contributed by atoms with E-state index in [4.69, 9.17) is 4.74 Å². The van der Waals surface area contributed by atoms with E-state index in [2.05, 4.69) is 5.32 Å². The van der Waals surface area contributed by atoms with Crippen LogP contribution in [0.25, 0.3) is 0 Å². The molecule has 5 nitrogen and oxygen atoms in total. The van der Waals surface area contributed by atoms with Crippen LogP contribution in [0.15, 0.2) is 24.3 Å². The number of anilines is 1. The minimum absolute atomic E-state index is 0.0426. The second kappa shape index (κ2) is 5.93. The molecule has 0 aromatic heterocycles. The molecule has 0 saturated carbocycles. The van der Waals surface area contributed by atoms with Crippen LogP contribution >= 0.6 is 0 Å². The predicted molar refractivity (Wildman–Crippen MR) is 80.3 cm³/mol. The third-order valence-corrected chi connectivity index (χ3v) is 4.44. The van der Waals surface area contributed by atoms with Gasteiger partial charge in [-0.25, -0.2) is 0 Å². The fraction of sp³-hybridized carbons (Fsp3) is 0.562. The number of amides is 1. The summed E-state index contributed by atoms with van der Waals surface area (Å²) in [5, 5.41) is 12.9. The first kappa shape index (κ1) is 14.2. The Kier molecular flexibility index (Phi) is 4.01. The molecule has 5 heteroatoms. The monoisotopic (exact) mass is 290 g/mol. The number of benzene rings is 1. The molecule has 0 spiro atoms. The molecule has 3 rings (SSSR count). The van der Waals surface area contributed by atoms with E-state index >= 15 is 0 Å². The van der Waals surface area contributed by atoms with E-state index in [0.717, 1.165) is 24.3 Å². The van der Waals surface area contributed by atoms with Gasteiger partial charge in [0.15, 0.2) is 6.10 Å². The van der Waals surface area contributed by atoms with Gasteiger partial charge in [-0.15, -0.1) is 0 Å². The van der Waals surface area contributed by atoms with E-state index in [-0.39, 0.29) is 12.0 Å². The Morgan fingerprint density at radius 1 is 1.38 bits per heavy atom. The molecule has 2 heterocycles. The first-order valence-corrected chi connectivity index (χ1v) is 7.61. The summed E-state index contributed by atoms with van der Waals surface area (Å²) >= 11 is 0. The van der Waals surface area contributed by atoms with Crippen LogP contribution in [0.1, 0.15) is 19.8 Å². The van der Waals surface area contributed by atoms with Gasteiger partial charge in [0, 0.05) is 13.1 Å². The average Bonchev–Trinajstić information content (AvgIpc) is 2.54. The lowest BCUT2D eigenvalue weighted by Crippen LogP contribution is -2.50. The van der Waals surface area contributed by atoms with E-state index in [0.29, 0.717) is 25.6 Å². The highest BCUT2D eigenvalue weighted by molar-refractivity contribution is 5.83. The fourth-order valence-corrected chi connectivity index (χ4v) is 3.06. The molecule has 2 N–H and O–H groups in total. The quantitative estimate of drug-likeness (QED) is 0.866. The smallest absolute Gasteiger partial charge is 0.265 e. The van der Waals surface area contributed by atoms with E-state index < -0.39 is 6.10 Å². The van der Waals surface area contributed by atoms with Gasteiger partial charge in [0.05, 0.1) is 18.3 Å². The lowest BCUT2D eigenvalue weighted by Gasteiger charge is -2.36. The third kappa shape index (κ3) is 2.97. The minimum Gasteiger partial charge on any atom is -0.477 e. The van der Waals surface area contributed by atoms with Crippen LogP contribution in [0, 0.1) is 5.92 Å². The maximum atomic E-state index is 12.5. The molecular weight excluding hydrogens is 268 g/mol. The van der Waals surface area contributed by atoms with Gasteiger partial charge >= 0.3 is 0 Å². The van der Waals surface area contributed by atoms with Gasteiger partial charge in [0.25, 0.3) is 5.91 Å². The molecule has 2 atom stereocenters. The maximum Gasteiger partial charge on any atom is 0.265 e. The number of ether oxygens (including phenoxy) is 1. The van der Waals surface area contributed by atoms with Crippen molar-refractivity contribution in [2.75, 3.05) is 25.0 Å². The molecule has 1 amide bonds. The largest absolute Gasteiger partial charge is 0.477 e. The molecule has 0 bridgehead atoms. The maximum absolute atomic E-state index is 12.5. The highest BCUT2D eigenvalue weighted by atomic mass is 16.5. The van der Waals surface area contributed by atoms with Crippen molar-refractivity contribution in [3.63, 3.8) is 0 Å². The number of piperidine rings is 1. The summed E-state index contributed by atoms with van der Waals surface area (Å²) in [6, 6.07) is 7.67. The average molecular weight is 290 g/mol. The Bertz CT molecular complexity index is 510. The van der Waals surface area contributed by atoms with Crippen LogP contribution in [-0.4, -0.2) is 47.8 Å². The zero-order chi connectivity index (χ0) is 14.8. The van der Waals surface area contributed by atoms with Gasteiger partial charge in [-0.05, 0) is 37.8 Å². The van der Waals surface area contributed by atoms with Crippen LogP contribution in [-0.2, 0) is 4.79 Å². The van der Waals surface area contributed by atoms with Crippen molar-refractivity contribution >= 4 is 11.6 Å². The number of nitrogens with one attached hydrogen (secondary N) is 1. The van der Waals surface area contributed by atoms with Crippen molar-refractivity contribution in [2.45, 2.75) is 32.0 Å². The Morgan fingerprint density at radius 2 is 2.10 bits per heavy atom. The Labute approximate surface area is 124 Å². The lowest BCUT2D eigenvalue weighted by atomic mass is 9.92. The number of aliphatic hydroxyl groups is 1. The topological polar surface area (TPSA) is 61.8 Å². The van der Waals surface area contributed by atoms with Gasteiger partial charge in [0.1, 0.15) is 5.75 Å². The zero-order valence-corrected chi connectivity index (χ0v) is 12.3. The Morgan fingerprint density at radius 3 is 2.81 bits per heavy atom. The van der Waals surface area contributed by atoms with Gasteiger partial charge in [0.2, 0.25) is 0 Å². The summed E-state index contributed by atoms with van der Waals surface area (Å²) in [5.74, 6) is 1.09. The molecule has 21 heavy (non-hydrogen) atoms. The molecular formula is C16H22N2O3. The number of nitrogens with zero attached hydrogens (tertiary/aromatic N) is 1. The van der Waals surface area contributed by atoms with Gasteiger partial charge < -0.3 is 20.1 Å². The summed E-state index contributed by atoms with van der Waals surface area (Å²) in [4.78, 5) is 14.4. The zero-order valence-electron chi connectivity index (χ0n) is 12.3. The third-order valence-electron chi connectivity index (χ3n) is 4.44. The van der Waals surface area contributed by atoms with Gasteiger partial charge in [-0.2, -0.15) is 0 Å². The molecule has 0 aliphatic carbocycles. The number of aliphatic hydroxyl groups excluding tert-OH is 1. The van der Waals surface area contributed by atoms with Crippen molar-refractivity contribution < 1.29 is 14.6 Å². The number of carbonyl (C=O) groups excluding carboxylic acids is 1. The summed E-state index contributed by atoms with van der Waals surface area (Å²) in [6.07, 6.45) is 0.977. The molecule has 1 aromatic carbocycles. The molecule has 2 aliphatic rings. The van der Waals surface area contributed by atoms with Crippen molar-refractivity contribution in [1.29, 1.82) is 0 Å². The number of likely N-dealkylation sites (tertiary alicyclic amines) is 1.